The number of thioether (sulfide) groups is 1. The summed E-state index contributed by atoms with van der Waals surface area (Å²) in [6.45, 7) is 4.25. The van der Waals surface area contributed by atoms with Crippen molar-refractivity contribution >= 4 is 22.7 Å². The molecule has 0 aliphatic rings. The molecule has 1 aromatic carbocycles. The molecule has 2 nitrogen and oxygen atoms in total. The number of aromatic nitrogens is 1. The van der Waals surface area contributed by atoms with Gasteiger partial charge in [-0.05, 0) is 42.5 Å². The third-order valence-electron chi connectivity index (χ3n) is 2.49. The van der Waals surface area contributed by atoms with E-state index in [9.17, 15) is 0 Å². The molecule has 0 aliphatic carbocycles. The number of ether oxygens (including phenoxy) is 1. The smallest absolute Gasteiger partial charge is 0.119 e. The van der Waals surface area contributed by atoms with Crippen LogP contribution in [-0.4, -0.2) is 17.8 Å². The molecule has 2 rings (SSSR count). The van der Waals surface area contributed by atoms with Crippen LogP contribution in [0.3, 0.4) is 0 Å². The second-order valence-electron chi connectivity index (χ2n) is 3.59. The van der Waals surface area contributed by atoms with E-state index in [0.29, 0.717) is 0 Å². The SMILES string of the molecule is CCSc1cc(C)c2cc(OC)ccc2n1. The van der Waals surface area contributed by atoms with Gasteiger partial charge in [-0.1, -0.05) is 6.92 Å². The Morgan fingerprint density at radius 1 is 1.31 bits per heavy atom. The van der Waals surface area contributed by atoms with Crippen molar-refractivity contribution in [2.45, 2.75) is 18.9 Å². The number of hydrogen-bond donors (Lipinski definition) is 0. The normalized spacial score (nSPS) is 10.7. The molecule has 0 N–H and O–H groups in total. The lowest BCUT2D eigenvalue weighted by Gasteiger charge is -2.07. The zero-order chi connectivity index (χ0) is 11.5. The van der Waals surface area contributed by atoms with E-state index in [1.807, 2.05) is 18.2 Å². The van der Waals surface area contributed by atoms with Crippen LogP contribution in [0.4, 0.5) is 0 Å². The predicted octanol–water partition coefficient (Wildman–Crippen LogP) is 3.66. The third kappa shape index (κ3) is 2.14. The maximum atomic E-state index is 5.22. The van der Waals surface area contributed by atoms with E-state index in [0.717, 1.165) is 22.0 Å². The van der Waals surface area contributed by atoms with Crippen LogP contribution in [0.2, 0.25) is 0 Å². The zero-order valence-electron chi connectivity index (χ0n) is 9.78. The van der Waals surface area contributed by atoms with Gasteiger partial charge in [0, 0.05) is 5.39 Å². The summed E-state index contributed by atoms with van der Waals surface area (Å²) < 4.78 is 5.22. The largest absolute Gasteiger partial charge is 0.497 e. The van der Waals surface area contributed by atoms with Crippen LogP contribution in [-0.2, 0) is 0 Å². The minimum atomic E-state index is 0.883. The first kappa shape index (κ1) is 11.3. The Kier molecular flexibility index (Phi) is 3.34. The molecule has 16 heavy (non-hydrogen) atoms. The molecule has 0 saturated heterocycles. The van der Waals surface area contributed by atoms with Crippen LogP contribution in [0, 0.1) is 6.92 Å². The molecule has 0 saturated carbocycles. The lowest BCUT2D eigenvalue weighted by atomic mass is 10.1. The van der Waals surface area contributed by atoms with Crippen molar-refractivity contribution in [3.05, 3.63) is 29.8 Å². The number of methoxy groups -OCH3 is 1. The summed E-state index contributed by atoms with van der Waals surface area (Å²) >= 11 is 1.77. The summed E-state index contributed by atoms with van der Waals surface area (Å²) in [7, 11) is 1.69. The predicted molar refractivity (Wildman–Crippen MR) is 69.4 cm³/mol. The van der Waals surface area contributed by atoms with E-state index in [2.05, 4.69) is 24.9 Å². The van der Waals surface area contributed by atoms with Gasteiger partial charge in [0.15, 0.2) is 0 Å². The zero-order valence-corrected chi connectivity index (χ0v) is 10.6. The first-order chi connectivity index (χ1) is 7.74. The van der Waals surface area contributed by atoms with Crippen molar-refractivity contribution in [2.75, 3.05) is 12.9 Å². The Labute approximate surface area is 100 Å². The summed E-state index contributed by atoms with van der Waals surface area (Å²) in [5.74, 6) is 1.93. The van der Waals surface area contributed by atoms with Crippen LogP contribution in [0.15, 0.2) is 29.3 Å². The standard InChI is InChI=1S/C13H15NOS/c1-4-16-13-7-9(2)11-8-10(15-3)5-6-12(11)14-13/h5-8H,4H2,1-3H3. The average Bonchev–Trinajstić information content (AvgIpc) is 2.29. The fourth-order valence-electron chi connectivity index (χ4n) is 1.69. The summed E-state index contributed by atoms with van der Waals surface area (Å²) in [6, 6.07) is 8.14. The maximum Gasteiger partial charge on any atom is 0.119 e. The van der Waals surface area contributed by atoms with Gasteiger partial charge in [0.05, 0.1) is 17.7 Å². The highest BCUT2D eigenvalue weighted by Gasteiger charge is 2.04. The molecule has 1 aromatic heterocycles. The molecule has 0 aliphatic heterocycles. The van der Waals surface area contributed by atoms with Crippen molar-refractivity contribution in [1.82, 2.24) is 4.98 Å². The van der Waals surface area contributed by atoms with Gasteiger partial charge in [0.2, 0.25) is 0 Å². The molecule has 1 heterocycles. The van der Waals surface area contributed by atoms with Crippen molar-refractivity contribution in [2.24, 2.45) is 0 Å². The molecule has 0 spiro atoms. The van der Waals surface area contributed by atoms with Crippen molar-refractivity contribution in [3.63, 3.8) is 0 Å². The molecule has 0 amide bonds. The molecule has 0 fully saturated rings. The molecule has 2 aromatic rings. The van der Waals surface area contributed by atoms with Gasteiger partial charge in [-0.2, -0.15) is 0 Å². The van der Waals surface area contributed by atoms with E-state index >= 15 is 0 Å². The summed E-state index contributed by atoms with van der Waals surface area (Å²) in [4.78, 5) is 4.61. The highest BCUT2D eigenvalue weighted by molar-refractivity contribution is 7.99. The highest BCUT2D eigenvalue weighted by atomic mass is 32.2. The van der Waals surface area contributed by atoms with Crippen molar-refractivity contribution in [1.29, 1.82) is 0 Å². The first-order valence-electron chi connectivity index (χ1n) is 5.32. The van der Waals surface area contributed by atoms with Crippen LogP contribution < -0.4 is 4.74 Å². The lowest BCUT2D eigenvalue weighted by molar-refractivity contribution is 0.415. The minimum Gasteiger partial charge on any atom is -0.497 e. The highest BCUT2D eigenvalue weighted by Crippen LogP contribution is 2.26. The Balaban J connectivity index is 2.57. The number of fused-ring (bicyclic) bond motifs is 1. The average molecular weight is 233 g/mol. The molecular formula is C13H15NOS. The molecule has 0 unspecified atom stereocenters. The summed E-state index contributed by atoms with van der Waals surface area (Å²) in [5, 5.41) is 2.26. The number of nitrogens with zero attached hydrogens (tertiary/aromatic N) is 1. The Bertz CT molecular complexity index is 511. The minimum absolute atomic E-state index is 0.883. The monoisotopic (exact) mass is 233 g/mol. The second kappa shape index (κ2) is 4.74. The summed E-state index contributed by atoms with van der Waals surface area (Å²) in [5.41, 5.74) is 2.29. The van der Waals surface area contributed by atoms with Gasteiger partial charge in [0.1, 0.15) is 5.75 Å². The molecule has 0 radical (unpaired) electrons. The fourth-order valence-corrected chi connectivity index (χ4v) is 2.41. The van der Waals surface area contributed by atoms with Crippen LogP contribution in [0.5, 0.6) is 5.75 Å². The molecule has 0 atom stereocenters. The summed E-state index contributed by atoms with van der Waals surface area (Å²) in [6.07, 6.45) is 0. The van der Waals surface area contributed by atoms with Crippen molar-refractivity contribution < 1.29 is 4.74 Å². The van der Waals surface area contributed by atoms with E-state index < -0.39 is 0 Å². The molecular weight excluding hydrogens is 218 g/mol. The second-order valence-corrected chi connectivity index (χ2v) is 4.88. The van der Waals surface area contributed by atoms with E-state index in [4.69, 9.17) is 4.74 Å². The van der Waals surface area contributed by atoms with Crippen molar-refractivity contribution in [3.8, 4) is 5.75 Å². The molecule has 0 bridgehead atoms. The van der Waals surface area contributed by atoms with Gasteiger partial charge >= 0.3 is 0 Å². The van der Waals surface area contributed by atoms with E-state index in [1.54, 1.807) is 18.9 Å². The number of rotatable bonds is 3. The first-order valence-corrected chi connectivity index (χ1v) is 6.31. The lowest BCUT2D eigenvalue weighted by Crippen LogP contribution is -1.89. The Morgan fingerprint density at radius 3 is 2.81 bits per heavy atom. The number of pyridine rings is 1. The maximum absolute atomic E-state index is 5.22. The quantitative estimate of drug-likeness (QED) is 0.755. The third-order valence-corrected chi connectivity index (χ3v) is 3.28. The van der Waals surface area contributed by atoms with Gasteiger partial charge in [-0.3, -0.25) is 0 Å². The van der Waals surface area contributed by atoms with E-state index in [1.165, 1.54) is 10.9 Å². The Hall–Kier alpha value is -1.22. The molecule has 3 heteroatoms. The Morgan fingerprint density at radius 2 is 2.12 bits per heavy atom. The fraction of sp³-hybridized carbons (Fsp3) is 0.308. The van der Waals surface area contributed by atoms with Gasteiger partial charge in [0.25, 0.3) is 0 Å². The van der Waals surface area contributed by atoms with Gasteiger partial charge < -0.3 is 4.74 Å². The van der Waals surface area contributed by atoms with Crippen LogP contribution >= 0.6 is 11.8 Å². The van der Waals surface area contributed by atoms with Gasteiger partial charge in [-0.25, -0.2) is 4.98 Å². The number of hydrogen-bond acceptors (Lipinski definition) is 3. The van der Waals surface area contributed by atoms with E-state index in [-0.39, 0.29) is 0 Å². The number of aryl methyl sites for hydroxylation is 1. The van der Waals surface area contributed by atoms with Crippen LogP contribution in [0.25, 0.3) is 10.9 Å². The molecule has 84 valence electrons. The van der Waals surface area contributed by atoms with Gasteiger partial charge in [-0.15, -0.1) is 11.8 Å². The van der Waals surface area contributed by atoms with Crippen LogP contribution in [0.1, 0.15) is 12.5 Å². The topological polar surface area (TPSA) is 22.1 Å². The number of benzene rings is 1.